The Morgan fingerprint density at radius 2 is 2.20 bits per heavy atom. The number of nitrogens with two attached hydrogens (primary N) is 1. The zero-order valence-electron chi connectivity index (χ0n) is 7.63. The molecule has 0 fully saturated rings. The first-order chi connectivity index (χ1) is 6.99. The molecule has 0 unspecified atom stereocenters. The average Bonchev–Trinajstić information content (AvgIpc) is 2.15. The van der Waals surface area contributed by atoms with Gasteiger partial charge in [0.15, 0.2) is 11.5 Å². The molecule has 0 saturated carbocycles. The van der Waals surface area contributed by atoms with Gasteiger partial charge in [0.1, 0.15) is 5.75 Å². The zero-order chi connectivity index (χ0) is 11.6. The fourth-order valence-corrected chi connectivity index (χ4v) is 1.02. The third-order valence-electron chi connectivity index (χ3n) is 1.69. The van der Waals surface area contributed by atoms with Gasteiger partial charge in [0.2, 0.25) is 0 Å². The Morgan fingerprint density at radius 3 is 2.60 bits per heavy atom. The Morgan fingerprint density at radius 1 is 1.60 bits per heavy atom. The number of hydrogen-bond donors (Lipinski definition) is 1. The van der Waals surface area contributed by atoms with Crippen LogP contribution in [0.15, 0.2) is 6.20 Å². The maximum atomic E-state index is 13.3. The van der Waals surface area contributed by atoms with Crippen molar-refractivity contribution in [3.63, 3.8) is 0 Å². The summed E-state index contributed by atoms with van der Waals surface area (Å²) in [6.45, 7) is 0. The van der Waals surface area contributed by atoms with Crippen molar-refractivity contribution in [3.8, 4) is 5.75 Å². The monoisotopic (exact) mass is 220 g/mol. The van der Waals surface area contributed by atoms with E-state index in [4.69, 9.17) is 5.73 Å². The lowest BCUT2D eigenvalue weighted by atomic mass is 10.2. The minimum Gasteiger partial charge on any atom is -0.495 e. The zero-order valence-corrected chi connectivity index (χ0v) is 7.63. The third-order valence-corrected chi connectivity index (χ3v) is 1.69. The van der Waals surface area contributed by atoms with Gasteiger partial charge in [-0.05, 0) is 0 Å². The number of pyridine rings is 1. The molecule has 0 spiro atoms. The number of primary amides is 1. The highest BCUT2D eigenvalue weighted by atomic mass is 19.3. The van der Waals surface area contributed by atoms with Crippen LogP contribution in [0.25, 0.3) is 0 Å². The number of hydrogen-bond acceptors (Lipinski definition) is 3. The molecule has 0 saturated heterocycles. The minimum atomic E-state index is -3.11. The molecule has 82 valence electrons. The van der Waals surface area contributed by atoms with Crippen molar-refractivity contribution in [3.05, 3.63) is 23.3 Å². The molecule has 4 nitrogen and oxygen atoms in total. The first-order valence-corrected chi connectivity index (χ1v) is 3.79. The number of amides is 1. The second-order valence-corrected chi connectivity index (χ2v) is 2.57. The van der Waals surface area contributed by atoms with E-state index in [9.17, 15) is 18.0 Å². The van der Waals surface area contributed by atoms with E-state index in [0.29, 0.717) is 0 Å². The van der Waals surface area contributed by atoms with Crippen molar-refractivity contribution in [1.29, 1.82) is 0 Å². The number of methoxy groups -OCH3 is 1. The molecular weight excluding hydrogens is 213 g/mol. The van der Waals surface area contributed by atoms with Gasteiger partial charge in [0, 0.05) is 0 Å². The van der Waals surface area contributed by atoms with Gasteiger partial charge >= 0.3 is 0 Å². The maximum Gasteiger partial charge on any atom is 0.270 e. The first kappa shape index (κ1) is 11.3. The second kappa shape index (κ2) is 4.16. The van der Waals surface area contributed by atoms with Gasteiger partial charge in [0.25, 0.3) is 12.3 Å². The van der Waals surface area contributed by atoms with Crippen LogP contribution in [-0.2, 0) is 0 Å². The van der Waals surface area contributed by atoms with Gasteiger partial charge in [-0.25, -0.2) is 18.2 Å². The Bertz CT molecular complexity index is 396. The first-order valence-electron chi connectivity index (χ1n) is 3.79. The van der Waals surface area contributed by atoms with E-state index in [1.807, 2.05) is 0 Å². The van der Waals surface area contributed by atoms with E-state index >= 15 is 0 Å². The highest BCUT2D eigenvalue weighted by Crippen LogP contribution is 2.31. The quantitative estimate of drug-likeness (QED) is 0.834. The van der Waals surface area contributed by atoms with E-state index in [1.54, 1.807) is 0 Å². The summed E-state index contributed by atoms with van der Waals surface area (Å²) in [6.07, 6.45) is -2.29. The van der Waals surface area contributed by atoms with Crippen molar-refractivity contribution < 1.29 is 22.7 Å². The number of rotatable bonds is 3. The predicted molar refractivity (Wildman–Crippen MR) is 44.2 cm³/mol. The van der Waals surface area contributed by atoms with Crippen LogP contribution in [0.3, 0.4) is 0 Å². The molecule has 15 heavy (non-hydrogen) atoms. The summed E-state index contributed by atoms with van der Waals surface area (Å²) in [7, 11) is 1.09. The Hall–Kier alpha value is -1.79. The molecule has 1 rings (SSSR count). The summed E-state index contributed by atoms with van der Waals surface area (Å²) in [5.74, 6) is -3.08. The van der Waals surface area contributed by atoms with E-state index in [-0.39, 0.29) is 0 Å². The molecule has 0 aromatic carbocycles. The van der Waals surface area contributed by atoms with Crippen molar-refractivity contribution >= 4 is 5.91 Å². The standard InChI is InChI=1S/C8H7F3N2O2/c1-15-3-2-13-6(8(12)14)5(9)4(3)7(10)11/h2,7H,1H3,(H2,12,14). The van der Waals surface area contributed by atoms with Crippen LogP contribution >= 0.6 is 0 Å². The van der Waals surface area contributed by atoms with E-state index in [1.165, 1.54) is 0 Å². The fraction of sp³-hybridized carbons (Fsp3) is 0.250. The van der Waals surface area contributed by atoms with Crippen LogP contribution < -0.4 is 10.5 Å². The van der Waals surface area contributed by atoms with E-state index in [0.717, 1.165) is 13.3 Å². The molecule has 7 heteroatoms. The Balaban J connectivity index is 3.42. The van der Waals surface area contributed by atoms with Crippen molar-refractivity contribution in [2.45, 2.75) is 6.43 Å². The number of alkyl halides is 2. The summed E-state index contributed by atoms with van der Waals surface area (Å²) in [6, 6.07) is 0. The smallest absolute Gasteiger partial charge is 0.270 e. The van der Waals surface area contributed by atoms with Gasteiger partial charge < -0.3 is 10.5 Å². The lowest BCUT2D eigenvalue weighted by Gasteiger charge is -2.09. The summed E-state index contributed by atoms with van der Waals surface area (Å²) >= 11 is 0. The number of nitrogens with zero attached hydrogens (tertiary/aromatic N) is 1. The minimum absolute atomic E-state index is 0.424. The molecule has 1 heterocycles. The molecule has 1 aromatic rings. The highest BCUT2D eigenvalue weighted by Gasteiger charge is 2.25. The third kappa shape index (κ3) is 2.00. The lowest BCUT2D eigenvalue weighted by Crippen LogP contribution is -2.17. The van der Waals surface area contributed by atoms with Crippen LogP contribution in [0.5, 0.6) is 5.75 Å². The maximum absolute atomic E-state index is 13.3. The highest BCUT2D eigenvalue weighted by molar-refractivity contribution is 5.91. The van der Waals surface area contributed by atoms with Crippen LogP contribution in [0.1, 0.15) is 22.5 Å². The number of ether oxygens (including phenoxy) is 1. The van der Waals surface area contributed by atoms with Crippen molar-refractivity contribution in [1.82, 2.24) is 4.98 Å². The van der Waals surface area contributed by atoms with Crippen LogP contribution in [-0.4, -0.2) is 18.0 Å². The van der Waals surface area contributed by atoms with E-state index in [2.05, 4.69) is 9.72 Å². The lowest BCUT2D eigenvalue weighted by molar-refractivity contribution is 0.0988. The summed E-state index contributed by atoms with van der Waals surface area (Å²) in [5.41, 5.74) is 2.91. The molecule has 0 aliphatic carbocycles. The number of carbonyl (C=O) groups excluding carboxylic acids is 1. The van der Waals surface area contributed by atoms with Gasteiger partial charge in [-0.2, -0.15) is 0 Å². The Labute approximate surface area is 82.9 Å². The summed E-state index contributed by atoms with van der Waals surface area (Å²) in [4.78, 5) is 13.9. The largest absolute Gasteiger partial charge is 0.495 e. The molecule has 0 radical (unpaired) electrons. The predicted octanol–water partition coefficient (Wildman–Crippen LogP) is 1.27. The van der Waals surface area contributed by atoms with Gasteiger partial charge in [-0.3, -0.25) is 4.79 Å². The summed E-state index contributed by atoms with van der Waals surface area (Å²) in [5, 5.41) is 0. The molecule has 0 bridgehead atoms. The molecule has 1 amide bonds. The van der Waals surface area contributed by atoms with Crippen molar-refractivity contribution in [2.75, 3.05) is 7.11 Å². The van der Waals surface area contributed by atoms with Crippen LogP contribution in [0.4, 0.5) is 13.2 Å². The van der Waals surface area contributed by atoms with Crippen LogP contribution in [0, 0.1) is 5.82 Å². The number of carbonyl (C=O) groups is 1. The topological polar surface area (TPSA) is 65.2 Å². The molecule has 1 aromatic heterocycles. The normalized spacial score (nSPS) is 10.5. The number of halogens is 3. The van der Waals surface area contributed by atoms with E-state index < -0.39 is 35.2 Å². The Kier molecular flexibility index (Phi) is 3.13. The molecule has 0 aliphatic rings. The van der Waals surface area contributed by atoms with Gasteiger partial charge in [-0.1, -0.05) is 0 Å². The average molecular weight is 220 g/mol. The SMILES string of the molecule is COc1cnc(C(N)=O)c(F)c1C(F)F. The number of aromatic nitrogens is 1. The van der Waals surface area contributed by atoms with Gasteiger partial charge in [-0.15, -0.1) is 0 Å². The molecular formula is C8H7F3N2O2. The van der Waals surface area contributed by atoms with Crippen molar-refractivity contribution in [2.24, 2.45) is 5.73 Å². The molecule has 2 N–H and O–H groups in total. The summed E-state index contributed by atoms with van der Waals surface area (Å²) < 4.78 is 42.6. The van der Waals surface area contributed by atoms with Gasteiger partial charge in [0.05, 0.1) is 18.9 Å². The molecule has 0 atom stereocenters. The fourth-order valence-electron chi connectivity index (χ4n) is 1.02. The molecule has 0 aliphatic heterocycles. The van der Waals surface area contributed by atoms with Crippen LogP contribution in [0.2, 0.25) is 0 Å². The second-order valence-electron chi connectivity index (χ2n) is 2.57.